The highest BCUT2D eigenvalue weighted by atomic mass is 16.5. The van der Waals surface area contributed by atoms with Crippen LogP contribution >= 0.6 is 0 Å². The molecule has 16 heavy (non-hydrogen) atoms. The van der Waals surface area contributed by atoms with Gasteiger partial charge in [0.05, 0.1) is 6.61 Å². The molecule has 0 saturated heterocycles. The van der Waals surface area contributed by atoms with Crippen LogP contribution in [0.15, 0.2) is 23.8 Å². The molecular formula is C10H14O6. The van der Waals surface area contributed by atoms with Gasteiger partial charge in [-0.05, 0) is 6.92 Å². The maximum atomic E-state index is 11.2. The zero-order valence-corrected chi connectivity index (χ0v) is 8.79. The molecule has 0 amide bonds. The smallest absolute Gasteiger partial charge is 0.333 e. The summed E-state index contributed by atoms with van der Waals surface area (Å²) < 4.78 is 4.62. The highest BCUT2D eigenvalue weighted by molar-refractivity contribution is 5.88. The Balaban J connectivity index is 4.12. The summed E-state index contributed by atoms with van der Waals surface area (Å²) in [5, 5.41) is 25.6. The van der Waals surface area contributed by atoms with Gasteiger partial charge in [0.15, 0.2) is 0 Å². The second-order valence-electron chi connectivity index (χ2n) is 2.98. The Morgan fingerprint density at radius 1 is 1.44 bits per heavy atom. The van der Waals surface area contributed by atoms with Crippen molar-refractivity contribution in [1.82, 2.24) is 0 Å². The number of carbonyl (C=O) groups excluding carboxylic acids is 1. The van der Waals surface area contributed by atoms with Gasteiger partial charge in [0.1, 0.15) is 12.7 Å². The Kier molecular flexibility index (Phi) is 6.82. The van der Waals surface area contributed by atoms with Gasteiger partial charge in [-0.1, -0.05) is 12.2 Å². The van der Waals surface area contributed by atoms with Crippen LogP contribution in [0.4, 0.5) is 0 Å². The topological polar surface area (TPSA) is 104 Å². The van der Waals surface area contributed by atoms with Crippen LogP contribution in [-0.2, 0) is 14.3 Å². The van der Waals surface area contributed by atoms with Gasteiger partial charge in [-0.2, -0.15) is 0 Å². The molecule has 6 nitrogen and oxygen atoms in total. The number of esters is 1. The van der Waals surface area contributed by atoms with Crippen molar-refractivity contribution in [2.24, 2.45) is 0 Å². The van der Waals surface area contributed by atoms with E-state index in [9.17, 15) is 9.59 Å². The predicted molar refractivity (Wildman–Crippen MR) is 54.6 cm³/mol. The molecule has 0 bridgehead atoms. The fourth-order valence-electron chi connectivity index (χ4n) is 0.681. The lowest BCUT2D eigenvalue weighted by molar-refractivity contribution is -0.142. The molecule has 0 aromatic heterocycles. The van der Waals surface area contributed by atoms with Crippen molar-refractivity contribution in [1.29, 1.82) is 0 Å². The zero-order valence-electron chi connectivity index (χ0n) is 8.79. The first-order chi connectivity index (χ1) is 7.47. The monoisotopic (exact) mass is 230 g/mol. The normalized spacial score (nSPS) is 13.8. The molecule has 0 aromatic carbocycles. The Hall–Kier alpha value is -1.66. The predicted octanol–water partition coefficient (Wildman–Crippen LogP) is -0.530. The van der Waals surface area contributed by atoms with E-state index < -0.39 is 24.6 Å². The second-order valence-corrected chi connectivity index (χ2v) is 2.98. The van der Waals surface area contributed by atoms with E-state index in [1.165, 1.54) is 19.1 Å². The zero-order chi connectivity index (χ0) is 12.6. The minimum Gasteiger partial charge on any atom is -0.478 e. The van der Waals surface area contributed by atoms with Gasteiger partial charge in [-0.25, -0.2) is 9.59 Å². The van der Waals surface area contributed by atoms with E-state index in [2.05, 4.69) is 4.74 Å². The molecule has 0 aliphatic carbocycles. The van der Waals surface area contributed by atoms with E-state index >= 15 is 0 Å². The summed E-state index contributed by atoms with van der Waals surface area (Å²) in [7, 11) is 0. The minimum atomic E-state index is -1.12. The number of carboxylic acids is 1. The number of ether oxygens (including phenoxy) is 1. The van der Waals surface area contributed by atoms with Gasteiger partial charge in [-0.3, -0.25) is 0 Å². The van der Waals surface area contributed by atoms with Crippen molar-refractivity contribution in [2.75, 3.05) is 13.2 Å². The third kappa shape index (κ3) is 6.74. The third-order valence-corrected chi connectivity index (χ3v) is 1.52. The number of aliphatic hydroxyl groups excluding tert-OH is 2. The first-order valence-corrected chi connectivity index (χ1v) is 4.51. The molecule has 0 saturated carbocycles. The maximum Gasteiger partial charge on any atom is 0.333 e. The SMILES string of the molecule is CC(=CC=CC(=O)O)C(=O)OCC(O)CO. The van der Waals surface area contributed by atoms with Crippen molar-refractivity contribution in [3.8, 4) is 0 Å². The Morgan fingerprint density at radius 3 is 2.56 bits per heavy atom. The van der Waals surface area contributed by atoms with Crippen LogP contribution in [0.5, 0.6) is 0 Å². The standard InChI is InChI=1S/C10H14O6/c1-7(3-2-4-9(13)14)10(15)16-6-8(12)5-11/h2-4,8,11-12H,5-6H2,1H3,(H,13,14). The second kappa shape index (κ2) is 7.61. The molecule has 0 heterocycles. The van der Waals surface area contributed by atoms with Crippen LogP contribution in [0.2, 0.25) is 0 Å². The van der Waals surface area contributed by atoms with Gasteiger partial charge >= 0.3 is 11.9 Å². The molecular weight excluding hydrogens is 216 g/mol. The Bertz CT molecular complexity index is 304. The van der Waals surface area contributed by atoms with Crippen LogP contribution in [0.25, 0.3) is 0 Å². The maximum absolute atomic E-state index is 11.2. The molecule has 1 atom stereocenters. The fourth-order valence-corrected chi connectivity index (χ4v) is 0.681. The number of hydrogen-bond donors (Lipinski definition) is 3. The number of rotatable bonds is 6. The third-order valence-electron chi connectivity index (χ3n) is 1.52. The van der Waals surface area contributed by atoms with Gasteiger partial charge in [0, 0.05) is 11.6 Å². The molecule has 6 heteroatoms. The summed E-state index contributed by atoms with van der Waals surface area (Å²) in [5.41, 5.74) is 0.197. The van der Waals surface area contributed by atoms with Crippen molar-refractivity contribution in [2.45, 2.75) is 13.0 Å². The van der Waals surface area contributed by atoms with Crippen molar-refractivity contribution >= 4 is 11.9 Å². The van der Waals surface area contributed by atoms with E-state index in [0.29, 0.717) is 0 Å². The molecule has 1 unspecified atom stereocenters. The van der Waals surface area contributed by atoms with Crippen LogP contribution in [0.1, 0.15) is 6.92 Å². The molecule has 0 aliphatic rings. The first kappa shape index (κ1) is 14.3. The molecule has 0 aliphatic heterocycles. The fraction of sp³-hybridized carbons (Fsp3) is 0.400. The summed E-state index contributed by atoms with van der Waals surface area (Å²) >= 11 is 0. The quantitative estimate of drug-likeness (QED) is 0.322. The number of aliphatic carboxylic acids is 1. The molecule has 0 aromatic rings. The van der Waals surface area contributed by atoms with Gasteiger partial charge in [0.2, 0.25) is 0 Å². The number of carboxylic acid groups (broad SMARTS) is 1. The van der Waals surface area contributed by atoms with Gasteiger partial charge in [-0.15, -0.1) is 0 Å². The van der Waals surface area contributed by atoms with E-state index in [1.807, 2.05) is 0 Å². The van der Waals surface area contributed by atoms with Crippen molar-refractivity contribution in [3.63, 3.8) is 0 Å². The Labute approximate surface area is 92.5 Å². The highest BCUT2D eigenvalue weighted by Gasteiger charge is 2.08. The molecule has 90 valence electrons. The number of hydrogen-bond acceptors (Lipinski definition) is 5. The Morgan fingerprint density at radius 2 is 2.06 bits per heavy atom. The lowest BCUT2D eigenvalue weighted by atomic mass is 10.3. The van der Waals surface area contributed by atoms with Crippen LogP contribution in [-0.4, -0.2) is 46.6 Å². The summed E-state index contributed by atoms with van der Waals surface area (Å²) in [4.78, 5) is 21.3. The van der Waals surface area contributed by atoms with Crippen LogP contribution in [0, 0.1) is 0 Å². The number of allylic oxidation sites excluding steroid dienone is 2. The lowest BCUT2D eigenvalue weighted by Gasteiger charge is -2.07. The molecule has 0 radical (unpaired) electrons. The largest absolute Gasteiger partial charge is 0.478 e. The first-order valence-electron chi connectivity index (χ1n) is 4.51. The summed E-state index contributed by atoms with van der Waals surface area (Å²) in [6, 6.07) is 0. The summed E-state index contributed by atoms with van der Waals surface area (Å²) in [6.45, 7) is 0.651. The van der Waals surface area contributed by atoms with Crippen molar-refractivity contribution in [3.05, 3.63) is 23.8 Å². The van der Waals surface area contributed by atoms with E-state index in [0.717, 1.165) is 6.08 Å². The van der Waals surface area contributed by atoms with Crippen LogP contribution in [0.3, 0.4) is 0 Å². The molecule has 0 fully saturated rings. The lowest BCUT2D eigenvalue weighted by Crippen LogP contribution is -2.22. The highest BCUT2D eigenvalue weighted by Crippen LogP contribution is 1.98. The summed E-state index contributed by atoms with van der Waals surface area (Å²) in [5.74, 6) is -1.80. The number of aliphatic hydroxyl groups is 2. The van der Waals surface area contributed by atoms with E-state index in [-0.39, 0.29) is 12.2 Å². The van der Waals surface area contributed by atoms with Gasteiger partial charge in [0.25, 0.3) is 0 Å². The molecule has 0 rings (SSSR count). The summed E-state index contributed by atoms with van der Waals surface area (Å²) in [6.07, 6.45) is 2.24. The molecule has 0 spiro atoms. The van der Waals surface area contributed by atoms with E-state index in [1.54, 1.807) is 0 Å². The minimum absolute atomic E-state index is 0.197. The molecule has 3 N–H and O–H groups in total. The van der Waals surface area contributed by atoms with E-state index in [4.69, 9.17) is 15.3 Å². The average Bonchev–Trinajstić information content (AvgIpc) is 2.24. The van der Waals surface area contributed by atoms with Crippen LogP contribution < -0.4 is 0 Å². The average molecular weight is 230 g/mol. The number of carbonyl (C=O) groups is 2. The van der Waals surface area contributed by atoms with Crippen molar-refractivity contribution < 1.29 is 29.6 Å². The van der Waals surface area contributed by atoms with Gasteiger partial charge < -0.3 is 20.1 Å².